The van der Waals surface area contributed by atoms with E-state index in [-0.39, 0.29) is 22.5 Å². The number of carbonyl (C=O) groups is 1. The molecule has 5 N–H and O–H groups in total. The van der Waals surface area contributed by atoms with Crippen LogP contribution in [0.15, 0.2) is 4.79 Å². The van der Waals surface area contributed by atoms with Crippen LogP contribution in [-0.2, 0) is 0 Å². The molecular weight excluding hydrogens is 184 g/mol. The van der Waals surface area contributed by atoms with Gasteiger partial charge in [0.15, 0.2) is 0 Å². The summed E-state index contributed by atoms with van der Waals surface area (Å²) in [5.74, 6) is -0.883. The Morgan fingerprint density at radius 2 is 2.14 bits per heavy atom. The number of aromatic nitrogens is 1. The van der Waals surface area contributed by atoms with E-state index in [0.29, 0.717) is 0 Å². The fraction of sp³-hybridized carbons (Fsp3) is 0.125. The molecular formula is C8H8N4O2. The van der Waals surface area contributed by atoms with Crippen molar-refractivity contribution in [2.75, 3.05) is 5.73 Å². The zero-order valence-electron chi connectivity index (χ0n) is 7.42. The van der Waals surface area contributed by atoms with Gasteiger partial charge in [0, 0.05) is 0 Å². The third-order valence-electron chi connectivity index (χ3n) is 1.85. The van der Waals surface area contributed by atoms with E-state index in [9.17, 15) is 9.59 Å². The highest BCUT2D eigenvalue weighted by molar-refractivity contribution is 5.99. The van der Waals surface area contributed by atoms with Crippen LogP contribution in [0.3, 0.4) is 0 Å². The van der Waals surface area contributed by atoms with Gasteiger partial charge >= 0.3 is 0 Å². The number of primary amides is 1. The monoisotopic (exact) mass is 192 g/mol. The average Bonchev–Trinajstić information content (AvgIpc) is 2.02. The van der Waals surface area contributed by atoms with Gasteiger partial charge in [-0.3, -0.25) is 9.59 Å². The van der Waals surface area contributed by atoms with E-state index in [0.717, 1.165) is 0 Å². The number of hydrogen-bond acceptors (Lipinski definition) is 4. The predicted octanol–water partition coefficient (Wildman–Crippen LogP) is -0.764. The smallest absolute Gasteiger partial charge is 0.267 e. The normalized spacial score (nSPS) is 9.43. The third kappa shape index (κ3) is 1.31. The molecule has 0 aromatic carbocycles. The molecule has 1 heterocycles. The van der Waals surface area contributed by atoms with Gasteiger partial charge in [-0.2, -0.15) is 5.26 Å². The number of aromatic amines is 1. The molecule has 0 saturated heterocycles. The van der Waals surface area contributed by atoms with Crippen LogP contribution < -0.4 is 17.0 Å². The molecule has 6 heteroatoms. The molecule has 14 heavy (non-hydrogen) atoms. The number of nitrogen functional groups attached to an aromatic ring is 1. The minimum absolute atomic E-state index is 0.0128. The highest BCUT2D eigenvalue weighted by Gasteiger charge is 2.16. The first kappa shape index (κ1) is 9.80. The van der Waals surface area contributed by atoms with Gasteiger partial charge in [0.2, 0.25) is 0 Å². The van der Waals surface area contributed by atoms with Gasteiger partial charge in [0.05, 0.1) is 5.56 Å². The van der Waals surface area contributed by atoms with Gasteiger partial charge in [0.1, 0.15) is 17.5 Å². The molecule has 0 spiro atoms. The van der Waals surface area contributed by atoms with Gasteiger partial charge in [-0.15, -0.1) is 0 Å². The van der Waals surface area contributed by atoms with Crippen molar-refractivity contribution in [3.8, 4) is 6.07 Å². The maximum Gasteiger partial charge on any atom is 0.267 e. The summed E-state index contributed by atoms with van der Waals surface area (Å²) in [4.78, 5) is 24.3. The van der Waals surface area contributed by atoms with E-state index < -0.39 is 11.5 Å². The standard InChI is InChI=1S/C8H8N4O2/c1-3-4(2-9)8(14)12-6(10)5(3)7(11)13/h1H3,(H2,11,13)(H3,10,12,14). The maximum atomic E-state index is 11.2. The van der Waals surface area contributed by atoms with Gasteiger partial charge < -0.3 is 16.5 Å². The lowest BCUT2D eigenvalue weighted by Crippen LogP contribution is -2.23. The number of pyridine rings is 1. The van der Waals surface area contributed by atoms with Gasteiger partial charge in [-0.25, -0.2) is 0 Å². The minimum Gasteiger partial charge on any atom is -0.385 e. The number of hydrogen-bond donors (Lipinski definition) is 3. The van der Waals surface area contributed by atoms with E-state index >= 15 is 0 Å². The fourth-order valence-corrected chi connectivity index (χ4v) is 1.20. The predicted molar refractivity (Wildman–Crippen MR) is 49.4 cm³/mol. The second kappa shape index (κ2) is 3.22. The molecule has 0 aliphatic rings. The lowest BCUT2D eigenvalue weighted by molar-refractivity contribution is 0.100. The Morgan fingerprint density at radius 1 is 1.57 bits per heavy atom. The Labute approximate surface area is 79.1 Å². The van der Waals surface area contributed by atoms with Gasteiger partial charge in [-0.1, -0.05) is 0 Å². The first-order valence-electron chi connectivity index (χ1n) is 3.71. The maximum absolute atomic E-state index is 11.2. The van der Waals surface area contributed by atoms with Crippen molar-refractivity contribution >= 4 is 11.7 Å². The van der Waals surface area contributed by atoms with E-state index in [4.69, 9.17) is 16.7 Å². The number of nitrogens with two attached hydrogens (primary N) is 2. The molecule has 6 nitrogen and oxygen atoms in total. The Hall–Kier alpha value is -2.29. The lowest BCUT2D eigenvalue weighted by atomic mass is 10.1. The average molecular weight is 192 g/mol. The number of rotatable bonds is 1. The van der Waals surface area contributed by atoms with Crippen LogP contribution in [-0.4, -0.2) is 10.9 Å². The van der Waals surface area contributed by atoms with Crippen molar-refractivity contribution in [1.82, 2.24) is 4.98 Å². The Bertz CT molecular complexity index is 495. The molecule has 0 saturated carbocycles. The summed E-state index contributed by atoms with van der Waals surface area (Å²) in [6.07, 6.45) is 0. The SMILES string of the molecule is Cc1c(C(N)=O)c(N)[nH]c(=O)c1C#N. The molecule has 0 unspecified atom stereocenters. The summed E-state index contributed by atoms with van der Waals surface area (Å²) in [6.45, 7) is 1.45. The first-order valence-corrected chi connectivity index (χ1v) is 3.71. The Morgan fingerprint density at radius 3 is 2.57 bits per heavy atom. The van der Waals surface area contributed by atoms with Crippen molar-refractivity contribution in [1.29, 1.82) is 5.26 Å². The van der Waals surface area contributed by atoms with Crippen molar-refractivity contribution < 1.29 is 4.79 Å². The van der Waals surface area contributed by atoms with E-state index in [1.807, 2.05) is 0 Å². The summed E-state index contributed by atoms with van der Waals surface area (Å²) >= 11 is 0. The summed E-state index contributed by atoms with van der Waals surface area (Å²) in [6, 6.07) is 1.68. The second-order valence-electron chi connectivity index (χ2n) is 2.72. The highest BCUT2D eigenvalue weighted by atomic mass is 16.1. The number of H-pyrrole nitrogens is 1. The van der Waals surface area contributed by atoms with Crippen LogP contribution in [0.4, 0.5) is 5.82 Å². The zero-order valence-corrected chi connectivity index (χ0v) is 7.42. The molecule has 0 radical (unpaired) electrons. The van der Waals surface area contributed by atoms with Crippen molar-refractivity contribution in [3.05, 3.63) is 27.0 Å². The van der Waals surface area contributed by atoms with Crippen molar-refractivity contribution in [2.24, 2.45) is 5.73 Å². The van der Waals surface area contributed by atoms with E-state index in [2.05, 4.69) is 4.98 Å². The Balaban J connectivity index is 3.72. The summed E-state index contributed by atoms with van der Waals surface area (Å²) in [5, 5.41) is 8.63. The van der Waals surface area contributed by atoms with E-state index in [1.165, 1.54) is 6.92 Å². The number of carbonyl (C=O) groups excluding carboxylic acids is 1. The molecule has 1 aromatic rings. The first-order chi connectivity index (χ1) is 6.49. The van der Waals surface area contributed by atoms with Gasteiger partial charge in [0.25, 0.3) is 11.5 Å². The highest BCUT2D eigenvalue weighted by Crippen LogP contribution is 2.13. The molecule has 0 bridgehead atoms. The lowest BCUT2D eigenvalue weighted by Gasteiger charge is -2.05. The molecule has 1 aromatic heterocycles. The quantitative estimate of drug-likeness (QED) is 0.540. The van der Waals surface area contributed by atoms with Crippen molar-refractivity contribution in [3.63, 3.8) is 0 Å². The molecule has 0 aliphatic heterocycles. The molecule has 1 amide bonds. The van der Waals surface area contributed by atoms with E-state index in [1.54, 1.807) is 6.07 Å². The summed E-state index contributed by atoms with van der Waals surface area (Å²) < 4.78 is 0. The largest absolute Gasteiger partial charge is 0.385 e. The van der Waals surface area contributed by atoms with Crippen LogP contribution >= 0.6 is 0 Å². The number of nitrogens with one attached hydrogen (secondary N) is 1. The zero-order chi connectivity index (χ0) is 10.9. The third-order valence-corrected chi connectivity index (χ3v) is 1.85. The number of anilines is 1. The molecule has 1 rings (SSSR count). The van der Waals surface area contributed by atoms with Crippen LogP contribution in [0.25, 0.3) is 0 Å². The summed E-state index contributed by atoms with van der Waals surface area (Å²) in [7, 11) is 0. The molecule has 72 valence electrons. The number of nitriles is 1. The van der Waals surface area contributed by atoms with Crippen LogP contribution in [0.1, 0.15) is 21.5 Å². The second-order valence-corrected chi connectivity index (χ2v) is 2.72. The van der Waals surface area contributed by atoms with Crippen LogP contribution in [0.5, 0.6) is 0 Å². The topological polar surface area (TPSA) is 126 Å². The molecule has 0 fully saturated rings. The number of amides is 1. The Kier molecular flexibility index (Phi) is 2.25. The van der Waals surface area contributed by atoms with Crippen molar-refractivity contribution in [2.45, 2.75) is 6.92 Å². The minimum atomic E-state index is -0.771. The number of nitrogens with zero attached hydrogens (tertiary/aromatic N) is 1. The van der Waals surface area contributed by atoms with Crippen LogP contribution in [0, 0.1) is 18.3 Å². The van der Waals surface area contributed by atoms with Crippen LogP contribution in [0.2, 0.25) is 0 Å². The molecule has 0 atom stereocenters. The molecule has 0 aliphatic carbocycles. The summed E-state index contributed by atoms with van der Waals surface area (Å²) in [5.41, 5.74) is 9.85. The fourth-order valence-electron chi connectivity index (χ4n) is 1.20. The van der Waals surface area contributed by atoms with Gasteiger partial charge in [-0.05, 0) is 12.5 Å².